The molecule has 1 atom stereocenters. The van der Waals surface area contributed by atoms with E-state index in [2.05, 4.69) is 16.3 Å². The molecule has 3 rings (SSSR count). The second kappa shape index (κ2) is 6.78. The van der Waals surface area contributed by atoms with Gasteiger partial charge in [0.2, 0.25) is 5.91 Å². The Morgan fingerprint density at radius 3 is 2.73 bits per heavy atom. The van der Waals surface area contributed by atoms with Crippen LogP contribution in [0.4, 0.5) is 0 Å². The highest BCUT2D eigenvalue weighted by atomic mass is 32.1. The van der Waals surface area contributed by atoms with Crippen molar-refractivity contribution in [3.8, 4) is 6.07 Å². The van der Waals surface area contributed by atoms with Crippen molar-refractivity contribution in [1.29, 1.82) is 5.26 Å². The predicted molar refractivity (Wildman–Crippen MR) is 84.2 cm³/mol. The molecule has 22 heavy (non-hydrogen) atoms. The van der Waals surface area contributed by atoms with Gasteiger partial charge in [-0.2, -0.15) is 5.26 Å². The van der Waals surface area contributed by atoms with Crippen LogP contribution in [0.3, 0.4) is 0 Å². The molecule has 0 aromatic carbocycles. The number of nitriles is 1. The number of aliphatic hydroxyl groups excluding tert-OH is 1. The van der Waals surface area contributed by atoms with Gasteiger partial charge in [-0.25, -0.2) is 0 Å². The van der Waals surface area contributed by atoms with Crippen molar-refractivity contribution in [1.82, 2.24) is 10.2 Å². The highest BCUT2D eigenvalue weighted by Gasteiger charge is 2.32. The van der Waals surface area contributed by atoms with Gasteiger partial charge in [-0.3, -0.25) is 9.69 Å². The summed E-state index contributed by atoms with van der Waals surface area (Å²) in [5.74, 6) is -0.133. The number of aliphatic hydroxyl groups is 1. The van der Waals surface area contributed by atoms with E-state index in [9.17, 15) is 9.90 Å². The molecule has 118 valence electrons. The van der Waals surface area contributed by atoms with Crippen LogP contribution in [0.15, 0.2) is 12.1 Å². The number of likely N-dealkylation sites (tertiary alicyclic amines) is 1. The quantitative estimate of drug-likeness (QED) is 0.862. The van der Waals surface area contributed by atoms with Gasteiger partial charge in [-0.15, -0.1) is 11.3 Å². The van der Waals surface area contributed by atoms with E-state index in [1.165, 1.54) is 16.2 Å². The Hall–Kier alpha value is -1.42. The van der Waals surface area contributed by atoms with Gasteiger partial charge < -0.3 is 10.4 Å². The van der Waals surface area contributed by atoms with Gasteiger partial charge in [0, 0.05) is 17.5 Å². The lowest BCUT2D eigenvalue weighted by molar-refractivity contribution is -0.133. The largest absolute Gasteiger partial charge is 0.383 e. The number of thiophene rings is 1. The Kier molecular flexibility index (Phi) is 4.77. The van der Waals surface area contributed by atoms with Crippen molar-refractivity contribution >= 4 is 17.2 Å². The molecule has 1 aliphatic heterocycles. The maximum absolute atomic E-state index is 11.9. The van der Waals surface area contributed by atoms with E-state index in [0.717, 1.165) is 50.2 Å². The molecule has 0 bridgehead atoms. The van der Waals surface area contributed by atoms with Crippen molar-refractivity contribution in [3.63, 3.8) is 0 Å². The number of nitrogens with one attached hydrogen (secondary N) is 1. The van der Waals surface area contributed by atoms with Gasteiger partial charge >= 0.3 is 0 Å². The van der Waals surface area contributed by atoms with Crippen molar-refractivity contribution in [2.24, 2.45) is 5.92 Å². The molecule has 2 N–H and O–H groups in total. The molecule has 1 amide bonds. The first-order valence-electron chi connectivity index (χ1n) is 7.85. The molecule has 1 saturated heterocycles. The lowest BCUT2D eigenvalue weighted by atomic mass is 9.90. The average molecular weight is 319 g/mol. The Bertz CT molecular complexity index is 568. The molecule has 1 saturated carbocycles. The SMILES string of the molecule is N#Cc1ccc(CN2CCC([C@H](O)C(=O)NC3CC3)CC2)s1. The van der Waals surface area contributed by atoms with Crippen LogP contribution >= 0.6 is 11.3 Å². The molecule has 0 unspecified atom stereocenters. The smallest absolute Gasteiger partial charge is 0.249 e. The summed E-state index contributed by atoms with van der Waals surface area (Å²) in [5, 5.41) is 21.9. The van der Waals surface area contributed by atoms with Crippen molar-refractivity contribution in [3.05, 3.63) is 21.9 Å². The van der Waals surface area contributed by atoms with Gasteiger partial charge in [-0.1, -0.05) is 0 Å². The van der Waals surface area contributed by atoms with E-state index in [4.69, 9.17) is 5.26 Å². The minimum absolute atomic E-state index is 0.0630. The highest BCUT2D eigenvalue weighted by molar-refractivity contribution is 7.12. The lowest BCUT2D eigenvalue weighted by Crippen LogP contribution is -2.44. The number of nitrogens with zero attached hydrogens (tertiary/aromatic N) is 2. The molecule has 0 radical (unpaired) electrons. The van der Waals surface area contributed by atoms with Crippen LogP contribution in [-0.2, 0) is 11.3 Å². The average Bonchev–Trinajstić information content (AvgIpc) is 3.23. The summed E-state index contributed by atoms with van der Waals surface area (Å²) in [4.78, 5) is 16.2. The van der Waals surface area contributed by atoms with Crippen LogP contribution in [0, 0.1) is 17.2 Å². The van der Waals surface area contributed by atoms with Crippen LogP contribution in [0.2, 0.25) is 0 Å². The van der Waals surface area contributed by atoms with Gasteiger partial charge in [0.25, 0.3) is 0 Å². The van der Waals surface area contributed by atoms with E-state index in [1.54, 1.807) is 0 Å². The highest BCUT2D eigenvalue weighted by Crippen LogP contribution is 2.25. The number of carbonyl (C=O) groups is 1. The first-order chi connectivity index (χ1) is 10.7. The number of hydrogen-bond acceptors (Lipinski definition) is 5. The van der Waals surface area contributed by atoms with Crippen molar-refractivity contribution in [2.75, 3.05) is 13.1 Å². The fraction of sp³-hybridized carbons (Fsp3) is 0.625. The Labute approximate surface area is 134 Å². The maximum atomic E-state index is 11.9. The zero-order chi connectivity index (χ0) is 15.5. The molecule has 2 aliphatic rings. The summed E-state index contributed by atoms with van der Waals surface area (Å²) < 4.78 is 0. The minimum Gasteiger partial charge on any atom is -0.383 e. The van der Waals surface area contributed by atoms with Crippen LogP contribution in [0.5, 0.6) is 0 Å². The molecule has 2 fully saturated rings. The van der Waals surface area contributed by atoms with E-state index in [1.807, 2.05) is 12.1 Å². The normalized spacial score (nSPS) is 21.3. The lowest BCUT2D eigenvalue weighted by Gasteiger charge is -2.33. The zero-order valence-electron chi connectivity index (χ0n) is 12.5. The summed E-state index contributed by atoms with van der Waals surface area (Å²) in [5.41, 5.74) is 0. The van der Waals surface area contributed by atoms with Crippen LogP contribution in [0.1, 0.15) is 35.4 Å². The maximum Gasteiger partial charge on any atom is 0.249 e. The Morgan fingerprint density at radius 2 is 2.14 bits per heavy atom. The summed E-state index contributed by atoms with van der Waals surface area (Å²) in [6, 6.07) is 6.33. The molecule has 6 heteroatoms. The number of amides is 1. The molecular formula is C16H21N3O2S. The third-order valence-corrected chi connectivity index (χ3v) is 5.40. The van der Waals surface area contributed by atoms with Gasteiger partial charge in [0.15, 0.2) is 0 Å². The van der Waals surface area contributed by atoms with Crippen LogP contribution in [0.25, 0.3) is 0 Å². The first-order valence-corrected chi connectivity index (χ1v) is 8.67. The third kappa shape index (κ3) is 3.86. The summed E-state index contributed by atoms with van der Waals surface area (Å²) in [6.07, 6.45) is 2.91. The van der Waals surface area contributed by atoms with Crippen LogP contribution in [-0.4, -0.2) is 41.1 Å². The Morgan fingerprint density at radius 1 is 1.41 bits per heavy atom. The minimum atomic E-state index is -0.866. The molecule has 2 heterocycles. The molecular weight excluding hydrogens is 298 g/mol. The molecule has 1 aromatic rings. The standard InChI is InChI=1S/C16H21N3O2S/c17-9-13-3-4-14(22-13)10-19-7-5-11(6-8-19)15(20)16(21)18-12-1-2-12/h3-4,11-12,15,20H,1-2,5-8,10H2,(H,18,21)/t15-/m0/s1. The molecule has 1 aromatic heterocycles. The van der Waals surface area contributed by atoms with E-state index in [-0.39, 0.29) is 11.8 Å². The predicted octanol–water partition coefficient (Wildman–Crippen LogP) is 1.47. The van der Waals surface area contributed by atoms with E-state index >= 15 is 0 Å². The number of hydrogen-bond donors (Lipinski definition) is 2. The second-order valence-electron chi connectivity index (χ2n) is 6.22. The van der Waals surface area contributed by atoms with Gasteiger partial charge in [0.1, 0.15) is 17.1 Å². The van der Waals surface area contributed by atoms with Crippen molar-refractivity contribution < 1.29 is 9.90 Å². The monoisotopic (exact) mass is 319 g/mol. The fourth-order valence-electron chi connectivity index (χ4n) is 2.90. The van der Waals surface area contributed by atoms with Gasteiger partial charge in [-0.05, 0) is 56.8 Å². The van der Waals surface area contributed by atoms with Gasteiger partial charge in [0.05, 0.1) is 0 Å². The Balaban J connectivity index is 1.45. The van der Waals surface area contributed by atoms with Crippen molar-refractivity contribution in [2.45, 2.75) is 44.4 Å². The third-order valence-electron chi connectivity index (χ3n) is 4.42. The second-order valence-corrected chi connectivity index (χ2v) is 7.39. The summed E-state index contributed by atoms with van der Waals surface area (Å²) >= 11 is 1.54. The molecule has 1 aliphatic carbocycles. The zero-order valence-corrected chi connectivity index (χ0v) is 13.3. The van der Waals surface area contributed by atoms with E-state index < -0.39 is 6.10 Å². The summed E-state index contributed by atoms with van der Waals surface area (Å²) in [6.45, 7) is 2.62. The number of carbonyl (C=O) groups excluding carboxylic acids is 1. The molecule has 5 nitrogen and oxygen atoms in total. The van der Waals surface area contributed by atoms with E-state index in [0.29, 0.717) is 6.04 Å². The fourth-order valence-corrected chi connectivity index (χ4v) is 3.75. The number of rotatable bonds is 5. The summed E-state index contributed by atoms with van der Waals surface area (Å²) in [7, 11) is 0. The first kappa shape index (κ1) is 15.5. The topological polar surface area (TPSA) is 76.4 Å². The number of piperidine rings is 1. The molecule has 0 spiro atoms. The van der Waals surface area contributed by atoms with Crippen LogP contribution < -0.4 is 5.32 Å².